The molecule has 1 atom stereocenters. The zero-order chi connectivity index (χ0) is 9.26. The first-order valence-electron chi connectivity index (χ1n) is 4.40. The molecule has 1 fully saturated rings. The van der Waals surface area contributed by atoms with E-state index < -0.39 is 0 Å². The molecule has 1 aliphatic heterocycles. The second-order valence-electron chi connectivity index (χ2n) is 3.33. The Morgan fingerprint density at radius 3 is 2.54 bits per heavy atom. The van der Waals surface area contributed by atoms with Gasteiger partial charge in [-0.05, 0) is 24.1 Å². The van der Waals surface area contributed by atoms with Gasteiger partial charge in [0.15, 0.2) is 0 Å². The molecule has 3 N–H and O–H groups in total. The smallest absolute Gasteiger partial charge is 0.220 e. The van der Waals surface area contributed by atoms with E-state index in [9.17, 15) is 4.79 Å². The summed E-state index contributed by atoms with van der Waals surface area (Å²) < 4.78 is 0. The van der Waals surface area contributed by atoms with Crippen LogP contribution in [0.2, 0.25) is 0 Å². The Morgan fingerprint density at radius 2 is 2.00 bits per heavy atom. The zero-order valence-electron chi connectivity index (χ0n) is 7.29. The number of hydrogen-bond acceptors (Lipinski definition) is 2. The van der Waals surface area contributed by atoms with Gasteiger partial charge in [-0.1, -0.05) is 12.1 Å². The number of nitrogens with two attached hydrogens (primary N) is 1. The van der Waals surface area contributed by atoms with Crippen LogP contribution in [0.15, 0.2) is 24.3 Å². The predicted octanol–water partition coefficient (Wildman–Crippen LogP) is 1.22. The molecule has 3 heteroatoms. The average Bonchev–Trinajstić information content (AvgIpc) is 2.53. The maximum Gasteiger partial charge on any atom is 0.220 e. The second kappa shape index (κ2) is 3.09. The van der Waals surface area contributed by atoms with E-state index >= 15 is 0 Å². The number of carbonyl (C=O) groups excluding carboxylic acids is 1. The van der Waals surface area contributed by atoms with Crippen LogP contribution in [0.25, 0.3) is 0 Å². The van der Waals surface area contributed by atoms with Crippen molar-refractivity contribution in [3.05, 3.63) is 29.8 Å². The molecule has 1 heterocycles. The highest BCUT2D eigenvalue weighted by Crippen LogP contribution is 2.23. The van der Waals surface area contributed by atoms with E-state index in [1.54, 1.807) is 0 Å². The third-order valence-electron chi connectivity index (χ3n) is 2.33. The molecule has 1 saturated heterocycles. The maximum atomic E-state index is 11.0. The van der Waals surface area contributed by atoms with Crippen molar-refractivity contribution in [3.8, 4) is 0 Å². The molecule has 0 saturated carbocycles. The van der Waals surface area contributed by atoms with Gasteiger partial charge in [0.2, 0.25) is 5.91 Å². The minimum absolute atomic E-state index is 0.141. The molecule has 2 rings (SSSR count). The summed E-state index contributed by atoms with van der Waals surface area (Å²) in [5.41, 5.74) is 7.46. The maximum absolute atomic E-state index is 11.0. The number of hydrogen-bond donors (Lipinski definition) is 2. The summed E-state index contributed by atoms with van der Waals surface area (Å²) in [4.78, 5) is 11.0. The third kappa shape index (κ3) is 1.64. The van der Waals surface area contributed by atoms with E-state index in [-0.39, 0.29) is 11.9 Å². The van der Waals surface area contributed by atoms with Crippen molar-refractivity contribution in [2.24, 2.45) is 0 Å². The molecule has 1 amide bonds. The van der Waals surface area contributed by atoms with Gasteiger partial charge in [0.1, 0.15) is 0 Å². The molecule has 1 aliphatic rings. The summed E-state index contributed by atoms with van der Waals surface area (Å²) in [6, 6.07) is 7.84. The molecule has 0 radical (unpaired) electrons. The van der Waals surface area contributed by atoms with Crippen molar-refractivity contribution in [2.45, 2.75) is 18.9 Å². The molecule has 68 valence electrons. The van der Waals surface area contributed by atoms with Crippen molar-refractivity contribution in [1.82, 2.24) is 5.32 Å². The summed E-state index contributed by atoms with van der Waals surface area (Å²) >= 11 is 0. The van der Waals surface area contributed by atoms with Crippen LogP contribution < -0.4 is 11.1 Å². The Balaban J connectivity index is 2.17. The Morgan fingerprint density at radius 1 is 1.31 bits per heavy atom. The van der Waals surface area contributed by atoms with Crippen LogP contribution in [0.4, 0.5) is 5.69 Å². The molecule has 0 bridgehead atoms. The van der Waals surface area contributed by atoms with Gasteiger partial charge in [0.05, 0.1) is 6.04 Å². The largest absolute Gasteiger partial charge is 0.399 e. The highest BCUT2D eigenvalue weighted by molar-refractivity contribution is 5.78. The van der Waals surface area contributed by atoms with E-state index in [4.69, 9.17) is 5.73 Å². The van der Waals surface area contributed by atoms with E-state index in [0.717, 1.165) is 17.7 Å². The first-order chi connectivity index (χ1) is 6.25. The molecular formula is C10H12N2O. The lowest BCUT2D eigenvalue weighted by molar-refractivity contribution is -0.119. The molecule has 0 spiro atoms. The summed E-state index contributed by atoms with van der Waals surface area (Å²) in [5.74, 6) is 0.141. The topological polar surface area (TPSA) is 55.1 Å². The van der Waals surface area contributed by atoms with E-state index in [2.05, 4.69) is 5.32 Å². The first-order valence-corrected chi connectivity index (χ1v) is 4.40. The van der Waals surface area contributed by atoms with Crippen molar-refractivity contribution >= 4 is 11.6 Å². The van der Waals surface area contributed by atoms with E-state index in [1.165, 1.54) is 0 Å². The number of carbonyl (C=O) groups is 1. The quantitative estimate of drug-likeness (QED) is 0.632. The Labute approximate surface area is 76.9 Å². The third-order valence-corrected chi connectivity index (χ3v) is 2.33. The normalized spacial score (nSPS) is 21.5. The van der Waals surface area contributed by atoms with Gasteiger partial charge in [0.25, 0.3) is 0 Å². The molecule has 3 nitrogen and oxygen atoms in total. The Bertz CT molecular complexity index is 318. The van der Waals surface area contributed by atoms with Crippen molar-refractivity contribution in [2.75, 3.05) is 5.73 Å². The first kappa shape index (κ1) is 8.10. The van der Waals surface area contributed by atoms with Crippen LogP contribution in [0, 0.1) is 0 Å². The van der Waals surface area contributed by atoms with Crippen LogP contribution in [-0.2, 0) is 4.79 Å². The Kier molecular flexibility index (Phi) is 1.93. The lowest BCUT2D eigenvalue weighted by Gasteiger charge is -2.09. The fraction of sp³-hybridized carbons (Fsp3) is 0.300. The fourth-order valence-corrected chi connectivity index (χ4v) is 1.59. The van der Waals surface area contributed by atoms with Gasteiger partial charge in [0, 0.05) is 12.1 Å². The van der Waals surface area contributed by atoms with Gasteiger partial charge in [-0.15, -0.1) is 0 Å². The van der Waals surface area contributed by atoms with Gasteiger partial charge >= 0.3 is 0 Å². The van der Waals surface area contributed by atoms with Crippen LogP contribution in [0.1, 0.15) is 24.4 Å². The van der Waals surface area contributed by atoms with Gasteiger partial charge in [-0.2, -0.15) is 0 Å². The number of amides is 1. The number of nitrogen functional groups attached to an aromatic ring is 1. The van der Waals surface area contributed by atoms with Gasteiger partial charge < -0.3 is 11.1 Å². The minimum atomic E-state index is 0.141. The lowest BCUT2D eigenvalue weighted by atomic mass is 10.1. The standard InChI is InChI=1S/C10H12N2O/c11-8-3-1-7(2-4-8)9-5-6-10(13)12-9/h1-4,9H,5-6,11H2,(H,12,13)/t9-/m0/s1. The van der Waals surface area contributed by atoms with Crippen LogP contribution >= 0.6 is 0 Å². The molecule has 0 unspecified atom stereocenters. The molecule has 0 aliphatic carbocycles. The SMILES string of the molecule is Nc1ccc([C@@H]2CCC(=O)N2)cc1. The van der Waals surface area contributed by atoms with E-state index in [1.807, 2.05) is 24.3 Å². The van der Waals surface area contributed by atoms with Crippen molar-refractivity contribution < 1.29 is 4.79 Å². The summed E-state index contributed by atoms with van der Waals surface area (Å²) in [6.07, 6.45) is 1.53. The molecule has 1 aromatic rings. The average molecular weight is 176 g/mol. The number of rotatable bonds is 1. The summed E-state index contributed by atoms with van der Waals surface area (Å²) in [7, 11) is 0. The molecule has 0 aromatic heterocycles. The summed E-state index contributed by atoms with van der Waals surface area (Å²) in [5, 5.41) is 2.91. The Hall–Kier alpha value is -1.51. The van der Waals surface area contributed by atoms with Crippen molar-refractivity contribution in [3.63, 3.8) is 0 Å². The van der Waals surface area contributed by atoms with Crippen LogP contribution in [0.5, 0.6) is 0 Å². The predicted molar refractivity (Wildman–Crippen MR) is 51.0 cm³/mol. The highest BCUT2D eigenvalue weighted by atomic mass is 16.1. The van der Waals surface area contributed by atoms with Gasteiger partial charge in [-0.3, -0.25) is 4.79 Å². The van der Waals surface area contributed by atoms with Crippen LogP contribution in [0.3, 0.4) is 0 Å². The van der Waals surface area contributed by atoms with Gasteiger partial charge in [-0.25, -0.2) is 0 Å². The van der Waals surface area contributed by atoms with Crippen molar-refractivity contribution in [1.29, 1.82) is 0 Å². The fourth-order valence-electron chi connectivity index (χ4n) is 1.59. The van der Waals surface area contributed by atoms with E-state index in [0.29, 0.717) is 6.42 Å². The number of benzene rings is 1. The monoisotopic (exact) mass is 176 g/mol. The number of anilines is 1. The highest BCUT2D eigenvalue weighted by Gasteiger charge is 2.21. The van der Waals surface area contributed by atoms with Crippen LogP contribution in [-0.4, -0.2) is 5.91 Å². The summed E-state index contributed by atoms with van der Waals surface area (Å²) in [6.45, 7) is 0. The minimum Gasteiger partial charge on any atom is -0.399 e. The zero-order valence-corrected chi connectivity index (χ0v) is 7.29. The second-order valence-corrected chi connectivity index (χ2v) is 3.33. The molecule has 1 aromatic carbocycles. The lowest BCUT2D eigenvalue weighted by Crippen LogP contribution is -2.18. The molecular weight excluding hydrogens is 164 g/mol. The number of nitrogens with one attached hydrogen (secondary N) is 1. The molecule has 13 heavy (non-hydrogen) atoms.